The number of alkyl halides is 3. The van der Waals surface area contributed by atoms with Crippen molar-refractivity contribution in [3.8, 4) is 11.1 Å². The first-order valence-corrected chi connectivity index (χ1v) is 10.4. The summed E-state index contributed by atoms with van der Waals surface area (Å²) < 4.78 is 38.7. The van der Waals surface area contributed by atoms with Crippen LogP contribution in [0.1, 0.15) is 10.4 Å². The second-order valence-electron chi connectivity index (χ2n) is 6.82. The number of nitrogen functional groups attached to an aromatic ring is 1. The lowest BCUT2D eigenvalue weighted by Crippen LogP contribution is -2.20. The van der Waals surface area contributed by atoms with Gasteiger partial charge in [0.05, 0.1) is 21.7 Å². The van der Waals surface area contributed by atoms with E-state index in [1.807, 2.05) is 6.92 Å². The number of halogens is 4. The average molecular weight is 478 g/mol. The lowest BCUT2D eigenvalue weighted by molar-refractivity contribution is -0.137. The summed E-state index contributed by atoms with van der Waals surface area (Å²) in [5, 5.41) is 5.68. The number of aryl methyl sites for hydroxylation is 1. The minimum Gasteiger partial charge on any atom is -0.383 e. The fourth-order valence-corrected chi connectivity index (χ4v) is 4.40. The summed E-state index contributed by atoms with van der Waals surface area (Å²) in [5.74, 6) is 0.383. The van der Waals surface area contributed by atoms with Crippen molar-refractivity contribution in [1.82, 2.24) is 9.97 Å². The molecule has 2 heterocycles. The Morgan fingerprint density at radius 1 is 1.09 bits per heavy atom. The summed E-state index contributed by atoms with van der Waals surface area (Å²) in [5.41, 5.74) is 7.19. The molecule has 0 saturated heterocycles. The van der Waals surface area contributed by atoms with E-state index in [4.69, 9.17) is 17.3 Å². The number of hydrogen-bond acceptors (Lipinski definition) is 5. The van der Waals surface area contributed by atoms with Gasteiger partial charge >= 0.3 is 12.2 Å². The first-order chi connectivity index (χ1) is 15.1. The Bertz CT molecular complexity index is 1320. The van der Waals surface area contributed by atoms with Crippen molar-refractivity contribution in [2.24, 2.45) is 0 Å². The highest BCUT2D eigenvalue weighted by Crippen LogP contribution is 2.39. The number of benzene rings is 2. The normalized spacial score (nSPS) is 11.5. The van der Waals surface area contributed by atoms with E-state index < -0.39 is 17.8 Å². The topological polar surface area (TPSA) is 92.9 Å². The number of rotatable bonds is 3. The van der Waals surface area contributed by atoms with Crippen LogP contribution in [0.3, 0.4) is 0 Å². The molecule has 164 valence electrons. The van der Waals surface area contributed by atoms with Gasteiger partial charge in [-0.15, -0.1) is 11.3 Å². The third-order valence-electron chi connectivity index (χ3n) is 4.67. The van der Waals surface area contributed by atoms with Gasteiger partial charge in [0, 0.05) is 16.1 Å². The van der Waals surface area contributed by atoms with Crippen LogP contribution in [-0.2, 0) is 6.18 Å². The van der Waals surface area contributed by atoms with Crippen molar-refractivity contribution in [3.05, 3.63) is 64.3 Å². The predicted molar refractivity (Wildman–Crippen MR) is 121 cm³/mol. The highest BCUT2D eigenvalue weighted by Gasteiger charge is 2.31. The summed E-state index contributed by atoms with van der Waals surface area (Å²) in [6.45, 7) is 1.96. The zero-order chi connectivity index (χ0) is 23.0. The minimum absolute atomic E-state index is 0.0110. The Balaban J connectivity index is 1.53. The molecule has 0 aliphatic rings. The van der Waals surface area contributed by atoms with E-state index in [2.05, 4.69) is 20.6 Å². The number of fused-ring (bicyclic) bond motifs is 1. The molecule has 2 aromatic carbocycles. The van der Waals surface area contributed by atoms with Crippen LogP contribution in [0.4, 0.5) is 35.2 Å². The first-order valence-electron chi connectivity index (χ1n) is 9.18. The van der Waals surface area contributed by atoms with E-state index >= 15 is 0 Å². The number of carbonyl (C=O) groups is 1. The van der Waals surface area contributed by atoms with E-state index in [1.165, 1.54) is 17.7 Å². The molecule has 0 atom stereocenters. The number of thiophene rings is 1. The van der Waals surface area contributed by atoms with Gasteiger partial charge < -0.3 is 16.4 Å². The molecule has 11 heteroatoms. The zero-order valence-corrected chi connectivity index (χ0v) is 18.0. The van der Waals surface area contributed by atoms with Gasteiger partial charge in [-0.25, -0.2) is 14.8 Å². The molecule has 0 saturated carbocycles. The number of anilines is 3. The molecule has 0 unspecified atom stereocenters. The fraction of sp³-hybridized carbons (Fsp3) is 0.0952. The number of hydrogen-bond donors (Lipinski definition) is 3. The Kier molecular flexibility index (Phi) is 5.66. The van der Waals surface area contributed by atoms with Gasteiger partial charge in [-0.2, -0.15) is 13.2 Å². The maximum Gasteiger partial charge on any atom is 0.416 e. The van der Waals surface area contributed by atoms with E-state index in [1.54, 1.807) is 24.3 Å². The standard InChI is InChI=1S/C21H15ClF3N5OS/c1-10-16(17-18(26)27-9-28-19(17)32-10)11-2-5-13(6-3-11)29-20(31)30-15-8-12(21(23,24)25)4-7-14(15)22/h2-9H,1H3,(H2,26,27,28)(H2,29,30,31). The molecule has 0 aliphatic carbocycles. The Labute approximate surface area is 189 Å². The van der Waals surface area contributed by atoms with Crippen LogP contribution in [0.5, 0.6) is 0 Å². The molecular weight excluding hydrogens is 463 g/mol. The summed E-state index contributed by atoms with van der Waals surface area (Å²) in [7, 11) is 0. The third-order valence-corrected chi connectivity index (χ3v) is 6.01. The quantitative estimate of drug-likeness (QED) is 0.311. The van der Waals surface area contributed by atoms with E-state index in [9.17, 15) is 18.0 Å². The van der Waals surface area contributed by atoms with Crippen LogP contribution in [0.15, 0.2) is 48.8 Å². The molecule has 0 spiro atoms. The van der Waals surface area contributed by atoms with Crippen molar-refractivity contribution in [1.29, 1.82) is 0 Å². The number of nitrogens with zero attached hydrogens (tertiary/aromatic N) is 2. The Hall–Kier alpha value is -3.37. The average Bonchev–Trinajstić information content (AvgIpc) is 3.06. The minimum atomic E-state index is -4.55. The van der Waals surface area contributed by atoms with Crippen molar-refractivity contribution < 1.29 is 18.0 Å². The molecule has 4 N–H and O–H groups in total. The van der Waals surface area contributed by atoms with Crippen LogP contribution in [0.25, 0.3) is 21.3 Å². The molecule has 0 radical (unpaired) electrons. The molecule has 2 aromatic heterocycles. The van der Waals surface area contributed by atoms with Gasteiger partial charge in [0.1, 0.15) is 17.0 Å². The summed E-state index contributed by atoms with van der Waals surface area (Å²) in [6, 6.07) is 8.92. The van der Waals surface area contributed by atoms with E-state index in [0.717, 1.165) is 44.4 Å². The number of nitrogens with two attached hydrogens (primary N) is 1. The molecule has 32 heavy (non-hydrogen) atoms. The smallest absolute Gasteiger partial charge is 0.383 e. The summed E-state index contributed by atoms with van der Waals surface area (Å²) in [4.78, 5) is 22.4. The highest BCUT2D eigenvalue weighted by atomic mass is 35.5. The Morgan fingerprint density at radius 2 is 1.81 bits per heavy atom. The largest absolute Gasteiger partial charge is 0.416 e. The fourth-order valence-electron chi connectivity index (χ4n) is 3.22. The lowest BCUT2D eigenvalue weighted by atomic mass is 10.0. The van der Waals surface area contributed by atoms with E-state index in [-0.39, 0.29) is 10.7 Å². The Morgan fingerprint density at radius 3 is 2.50 bits per heavy atom. The predicted octanol–water partition coefficient (Wildman–Crippen LogP) is 6.57. The van der Waals surface area contributed by atoms with Crippen molar-refractivity contribution in [3.63, 3.8) is 0 Å². The molecule has 6 nitrogen and oxygen atoms in total. The maximum absolute atomic E-state index is 12.9. The first kappa shape index (κ1) is 21.8. The number of nitrogens with one attached hydrogen (secondary N) is 2. The second-order valence-corrected chi connectivity index (χ2v) is 8.43. The number of amides is 2. The third kappa shape index (κ3) is 4.32. The van der Waals surface area contributed by atoms with Gasteiger partial charge in [0.15, 0.2) is 0 Å². The van der Waals surface area contributed by atoms with Crippen LogP contribution in [-0.4, -0.2) is 16.0 Å². The van der Waals surface area contributed by atoms with Crippen LogP contribution < -0.4 is 16.4 Å². The van der Waals surface area contributed by atoms with Gasteiger partial charge in [0.25, 0.3) is 0 Å². The van der Waals surface area contributed by atoms with Gasteiger partial charge in [-0.05, 0) is 42.8 Å². The molecule has 0 fully saturated rings. The SMILES string of the molecule is Cc1sc2ncnc(N)c2c1-c1ccc(NC(=O)Nc2cc(C(F)(F)F)ccc2Cl)cc1. The molecule has 4 rings (SSSR count). The zero-order valence-electron chi connectivity index (χ0n) is 16.4. The van der Waals surface area contributed by atoms with Crippen LogP contribution in [0.2, 0.25) is 5.02 Å². The number of carbonyl (C=O) groups excluding carboxylic acids is 1. The maximum atomic E-state index is 12.9. The second kappa shape index (κ2) is 8.29. The molecule has 0 bridgehead atoms. The summed E-state index contributed by atoms with van der Waals surface area (Å²) >= 11 is 7.42. The van der Waals surface area contributed by atoms with Crippen molar-refractivity contribution >= 4 is 56.4 Å². The molecule has 4 aromatic rings. The monoisotopic (exact) mass is 477 g/mol. The summed E-state index contributed by atoms with van der Waals surface area (Å²) in [6.07, 6.45) is -3.13. The van der Waals surface area contributed by atoms with Crippen molar-refractivity contribution in [2.45, 2.75) is 13.1 Å². The van der Waals surface area contributed by atoms with Gasteiger partial charge in [-0.1, -0.05) is 23.7 Å². The molecule has 0 aliphatic heterocycles. The molecular formula is C21H15ClF3N5OS. The van der Waals surface area contributed by atoms with Crippen LogP contribution >= 0.6 is 22.9 Å². The van der Waals surface area contributed by atoms with Gasteiger partial charge in [-0.3, -0.25) is 0 Å². The number of urea groups is 1. The van der Waals surface area contributed by atoms with Crippen molar-refractivity contribution in [2.75, 3.05) is 16.4 Å². The van der Waals surface area contributed by atoms with Crippen LogP contribution in [0, 0.1) is 6.92 Å². The lowest BCUT2D eigenvalue weighted by Gasteiger charge is -2.12. The molecule has 2 amide bonds. The van der Waals surface area contributed by atoms with E-state index in [0.29, 0.717) is 11.5 Å². The highest BCUT2D eigenvalue weighted by molar-refractivity contribution is 7.19. The van der Waals surface area contributed by atoms with Gasteiger partial charge in [0.2, 0.25) is 0 Å². The number of aromatic nitrogens is 2.